The van der Waals surface area contributed by atoms with E-state index in [1.807, 2.05) is 29.2 Å². The van der Waals surface area contributed by atoms with Crippen LogP contribution in [-0.4, -0.2) is 42.4 Å². The summed E-state index contributed by atoms with van der Waals surface area (Å²) >= 11 is 0. The van der Waals surface area contributed by atoms with Crippen LogP contribution in [0, 0.1) is 11.7 Å². The standard InChI is InChI=1S/C22H25FN2O/c1-24-12-10-16(15-24)14-21(26)25-13-11-17-4-2-3-5-20(17)22(25)18-6-8-19(23)9-7-18/h2-9,16,22H,10-15H2,1H3/t16-,22+/m1/s1. The second-order valence-electron chi connectivity index (χ2n) is 7.61. The molecule has 2 aliphatic rings. The zero-order chi connectivity index (χ0) is 18.1. The predicted octanol–water partition coefficient (Wildman–Crippen LogP) is 3.64. The minimum atomic E-state index is -0.246. The number of fused-ring (bicyclic) bond motifs is 1. The third kappa shape index (κ3) is 3.38. The van der Waals surface area contributed by atoms with Crippen LogP contribution >= 0.6 is 0 Å². The maximum Gasteiger partial charge on any atom is 0.223 e. The number of carbonyl (C=O) groups excluding carboxylic acids is 1. The lowest BCUT2D eigenvalue weighted by Crippen LogP contribution is -2.41. The first-order chi connectivity index (χ1) is 12.6. The van der Waals surface area contributed by atoms with Gasteiger partial charge in [-0.3, -0.25) is 4.79 Å². The highest BCUT2D eigenvalue weighted by molar-refractivity contribution is 5.78. The van der Waals surface area contributed by atoms with Gasteiger partial charge in [-0.15, -0.1) is 0 Å². The number of carbonyl (C=O) groups is 1. The first kappa shape index (κ1) is 17.2. The van der Waals surface area contributed by atoms with Crippen molar-refractivity contribution in [1.82, 2.24) is 9.80 Å². The summed E-state index contributed by atoms with van der Waals surface area (Å²) in [5.74, 6) is 0.414. The zero-order valence-corrected chi connectivity index (χ0v) is 15.2. The number of benzene rings is 2. The molecule has 3 nitrogen and oxygen atoms in total. The van der Waals surface area contributed by atoms with E-state index in [9.17, 15) is 9.18 Å². The molecule has 1 saturated heterocycles. The Morgan fingerprint density at radius 3 is 2.62 bits per heavy atom. The van der Waals surface area contributed by atoms with Crippen LogP contribution < -0.4 is 0 Å². The van der Waals surface area contributed by atoms with Crippen molar-refractivity contribution in [2.75, 3.05) is 26.7 Å². The average molecular weight is 352 g/mol. The van der Waals surface area contributed by atoms with E-state index in [0.29, 0.717) is 12.3 Å². The third-order valence-electron chi connectivity index (χ3n) is 5.74. The Bertz CT molecular complexity index is 789. The lowest BCUT2D eigenvalue weighted by molar-refractivity contribution is -0.134. The molecule has 2 atom stereocenters. The molecule has 2 heterocycles. The second kappa shape index (κ2) is 7.20. The van der Waals surface area contributed by atoms with Crippen molar-refractivity contribution in [1.29, 1.82) is 0 Å². The van der Waals surface area contributed by atoms with E-state index in [-0.39, 0.29) is 17.8 Å². The number of rotatable bonds is 3. The van der Waals surface area contributed by atoms with Gasteiger partial charge in [-0.2, -0.15) is 0 Å². The minimum Gasteiger partial charge on any atom is -0.331 e. The molecular formula is C22H25FN2O. The van der Waals surface area contributed by atoms with Gasteiger partial charge in [0, 0.05) is 19.5 Å². The molecule has 26 heavy (non-hydrogen) atoms. The smallest absolute Gasteiger partial charge is 0.223 e. The summed E-state index contributed by atoms with van der Waals surface area (Å²) in [6, 6.07) is 14.8. The average Bonchev–Trinajstić information content (AvgIpc) is 3.06. The van der Waals surface area contributed by atoms with Gasteiger partial charge >= 0.3 is 0 Å². The van der Waals surface area contributed by atoms with Gasteiger partial charge in [0.1, 0.15) is 5.82 Å². The van der Waals surface area contributed by atoms with Crippen LogP contribution in [0.25, 0.3) is 0 Å². The predicted molar refractivity (Wildman–Crippen MR) is 100 cm³/mol. The fourth-order valence-corrected chi connectivity index (χ4v) is 4.40. The molecule has 4 rings (SSSR count). The molecule has 0 bridgehead atoms. The molecule has 0 aliphatic carbocycles. The number of hydrogen-bond acceptors (Lipinski definition) is 2. The van der Waals surface area contributed by atoms with Gasteiger partial charge in [-0.1, -0.05) is 36.4 Å². The minimum absolute atomic E-state index is 0.118. The number of halogens is 1. The molecule has 0 spiro atoms. The van der Waals surface area contributed by atoms with Gasteiger partial charge in [0.15, 0.2) is 0 Å². The topological polar surface area (TPSA) is 23.6 Å². The molecule has 0 unspecified atom stereocenters. The fourth-order valence-electron chi connectivity index (χ4n) is 4.40. The maximum absolute atomic E-state index is 13.4. The highest BCUT2D eigenvalue weighted by atomic mass is 19.1. The van der Waals surface area contributed by atoms with E-state index in [1.54, 1.807) is 0 Å². The third-order valence-corrected chi connectivity index (χ3v) is 5.74. The van der Waals surface area contributed by atoms with E-state index in [0.717, 1.165) is 38.0 Å². The SMILES string of the molecule is CN1CC[C@H](CC(=O)N2CCc3ccccc3[C@@H]2c2ccc(F)cc2)C1. The van der Waals surface area contributed by atoms with Gasteiger partial charge in [0.05, 0.1) is 6.04 Å². The Labute approximate surface area is 154 Å². The first-order valence-corrected chi connectivity index (χ1v) is 9.43. The van der Waals surface area contributed by atoms with E-state index < -0.39 is 0 Å². The van der Waals surface area contributed by atoms with Crippen molar-refractivity contribution in [2.45, 2.75) is 25.3 Å². The monoisotopic (exact) mass is 352 g/mol. The van der Waals surface area contributed by atoms with Crippen LogP contribution in [0.5, 0.6) is 0 Å². The number of amides is 1. The summed E-state index contributed by atoms with van der Waals surface area (Å²) < 4.78 is 13.4. The van der Waals surface area contributed by atoms with Gasteiger partial charge in [0.2, 0.25) is 5.91 Å². The molecule has 2 aromatic carbocycles. The van der Waals surface area contributed by atoms with E-state index in [4.69, 9.17) is 0 Å². The molecule has 1 amide bonds. The van der Waals surface area contributed by atoms with Crippen molar-refractivity contribution < 1.29 is 9.18 Å². The molecule has 2 aliphatic heterocycles. The van der Waals surface area contributed by atoms with Crippen LogP contribution in [0.3, 0.4) is 0 Å². The fraction of sp³-hybridized carbons (Fsp3) is 0.409. The molecule has 4 heteroatoms. The molecular weight excluding hydrogens is 327 g/mol. The van der Waals surface area contributed by atoms with Crippen LogP contribution in [0.4, 0.5) is 4.39 Å². The summed E-state index contributed by atoms with van der Waals surface area (Å²) in [6.45, 7) is 2.79. The maximum atomic E-state index is 13.4. The molecule has 0 saturated carbocycles. The normalized spacial score (nSPS) is 23.1. The van der Waals surface area contributed by atoms with E-state index in [2.05, 4.69) is 24.1 Å². The van der Waals surface area contributed by atoms with Gasteiger partial charge in [-0.05, 0) is 61.2 Å². The Kier molecular flexibility index (Phi) is 4.77. The summed E-state index contributed by atoms with van der Waals surface area (Å²) in [4.78, 5) is 17.5. The Morgan fingerprint density at radius 2 is 1.88 bits per heavy atom. The quantitative estimate of drug-likeness (QED) is 0.842. The zero-order valence-electron chi connectivity index (χ0n) is 15.2. The molecule has 0 aromatic heterocycles. The summed E-state index contributed by atoms with van der Waals surface area (Å²) in [5, 5.41) is 0. The van der Waals surface area contributed by atoms with E-state index >= 15 is 0 Å². The highest BCUT2D eigenvalue weighted by Gasteiger charge is 2.33. The highest BCUT2D eigenvalue weighted by Crippen LogP contribution is 2.36. The van der Waals surface area contributed by atoms with Crippen molar-refractivity contribution in [3.05, 3.63) is 71.0 Å². The van der Waals surface area contributed by atoms with Gasteiger partial charge in [0.25, 0.3) is 0 Å². The lowest BCUT2D eigenvalue weighted by atomic mass is 9.87. The first-order valence-electron chi connectivity index (χ1n) is 9.43. The molecule has 136 valence electrons. The van der Waals surface area contributed by atoms with Crippen molar-refractivity contribution in [3.8, 4) is 0 Å². The summed E-state index contributed by atoms with van der Waals surface area (Å²) in [7, 11) is 2.11. The van der Waals surface area contributed by atoms with Crippen LogP contribution in [0.1, 0.15) is 35.6 Å². The van der Waals surface area contributed by atoms with Crippen molar-refractivity contribution in [2.24, 2.45) is 5.92 Å². The lowest BCUT2D eigenvalue weighted by Gasteiger charge is -2.38. The summed E-state index contributed by atoms with van der Waals surface area (Å²) in [6.07, 6.45) is 2.57. The Balaban J connectivity index is 1.64. The number of nitrogens with zero attached hydrogens (tertiary/aromatic N) is 2. The summed E-state index contributed by atoms with van der Waals surface area (Å²) in [5.41, 5.74) is 3.43. The molecule has 2 aromatic rings. The van der Waals surface area contributed by atoms with Crippen molar-refractivity contribution >= 4 is 5.91 Å². The Morgan fingerprint density at radius 1 is 1.12 bits per heavy atom. The van der Waals surface area contributed by atoms with Gasteiger partial charge < -0.3 is 9.80 Å². The molecule has 0 radical (unpaired) electrons. The van der Waals surface area contributed by atoms with E-state index in [1.165, 1.54) is 23.3 Å². The largest absolute Gasteiger partial charge is 0.331 e. The van der Waals surface area contributed by atoms with Gasteiger partial charge in [-0.25, -0.2) is 4.39 Å². The van der Waals surface area contributed by atoms with Crippen LogP contribution in [0.15, 0.2) is 48.5 Å². The van der Waals surface area contributed by atoms with Crippen molar-refractivity contribution in [3.63, 3.8) is 0 Å². The molecule has 1 fully saturated rings. The van der Waals surface area contributed by atoms with Crippen LogP contribution in [-0.2, 0) is 11.2 Å². The number of likely N-dealkylation sites (tertiary alicyclic amines) is 1. The number of hydrogen-bond donors (Lipinski definition) is 0. The molecule has 0 N–H and O–H groups in total. The Hall–Kier alpha value is -2.20. The van der Waals surface area contributed by atoms with Crippen LogP contribution in [0.2, 0.25) is 0 Å². The second-order valence-corrected chi connectivity index (χ2v) is 7.61.